The standard InChI is InChI=1S/C20H23NO5S.C2H6/c1-4-26-19-11-15(9-10-18(19)25-2)17(13-27(3,23)24)21-16-8-6-5-7-14(16)12-20(21)22;1-2/h5-11,17H,4,12-13H2,1-3H3;1-2H3. The highest BCUT2D eigenvalue weighted by molar-refractivity contribution is 7.90. The highest BCUT2D eigenvalue weighted by Gasteiger charge is 2.35. The Morgan fingerprint density at radius 2 is 1.79 bits per heavy atom. The minimum Gasteiger partial charge on any atom is -0.493 e. The normalized spacial score (nSPS) is 14.0. The number of fused-ring (bicyclic) bond motifs is 1. The zero-order valence-corrected chi connectivity index (χ0v) is 18.5. The van der Waals surface area contributed by atoms with Crippen LogP contribution < -0.4 is 14.4 Å². The van der Waals surface area contributed by atoms with Crippen LogP contribution in [0, 0.1) is 0 Å². The Balaban J connectivity index is 0.00000145. The van der Waals surface area contributed by atoms with E-state index >= 15 is 0 Å². The number of ether oxygens (including phenoxy) is 2. The van der Waals surface area contributed by atoms with Crippen molar-refractivity contribution >= 4 is 21.4 Å². The molecule has 0 aliphatic carbocycles. The summed E-state index contributed by atoms with van der Waals surface area (Å²) in [7, 11) is -1.79. The number of nitrogens with zero attached hydrogens (tertiary/aromatic N) is 1. The van der Waals surface area contributed by atoms with Crippen molar-refractivity contribution in [1.82, 2.24) is 0 Å². The van der Waals surface area contributed by atoms with Crippen LogP contribution in [0.1, 0.15) is 37.9 Å². The molecule has 1 amide bonds. The highest BCUT2D eigenvalue weighted by atomic mass is 32.2. The molecule has 29 heavy (non-hydrogen) atoms. The molecule has 3 rings (SSSR count). The van der Waals surface area contributed by atoms with Crippen molar-refractivity contribution in [2.24, 2.45) is 0 Å². The number of para-hydroxylation sites is 1. The van der Waals surface area contributed by atoms with Gasteiger partial charge in [-0.05, 0) is 36.2 Å². The lowest BCUT2D eigenvalue weighted by Gasteiger charge is -2.29. The first-order valence-corrected chi connectivity index (χ1v) is 11.8. The first-order valence-electron chi connectivity index (χ1n) is 9.72. The van der Waals surface area contributed by atoms with Gasteiger partial charge in [0.1, 0.15) is 9.84 Å². The number of benzene rings is 2. The van der Waals surface area contributed by atoms with Crippen molar-refractivity contribution in [2.75, 3.05) is 30.6 Å². The van der Waals surface area contributed by atoms with Crippen LogP contribution in [0.25, 0.3) is 0 Å². The average Bonchev–Trinajstić information content (AvgIpc) is 3.03. The van der Waals surface area contributed by atoms with Crippen molar-refractivity contribution in [1.29, 1.82) is 0 Å². The minimum atomic E-state index is -3.34. The number of hydrogen-bond donors (Lipinski definition) is 0. The van der Waals surface area contributed by atoms with E-state index in [9.17, 15) is 13.2 Å². The predicted octanol–water partition coefficient (Wildman–Crippen LogP) is 3.80. The van der Waals surface area contributed by atoms with Crippen LogP contribution in [-0.2, 0) is 21.1 Å². The second-order valence-corrected chi connectivity index (χ2v) is 8.71. The van der Waals surface area contributed by atoms with Crippen molar-refractivity contribution < 1.29 is 22.7 Å². The third kappa shape index (κ3) is 5.29. The molecular formula is C22H29NO5S. The maximum Gasteiger partial charge on any atom is 0.232 e. The van der Waals surface area contributed by atoms with Gasteiger partial charge in [-0.1, -0.05) is 38.1 Å². The third-order valence-electron chi connectivity index (χ3n) is 4.51. The van der Waals surface area contributed by atoms with E-state index < -0.39 is 15.9 Å². The maximum atomic E-state index is 12.7. The number of carbonyl (C=O) groups is 1. The topological polar surface area (TPSA) is 72.9 Å². The monoisotopic (exact) mass is 419 g/mol. The predicted molar refractivity (Wildman–Crippen MR) is 116 cm³/mol. The van der Waals surface area contributed by atoms with Gasteiger partial charge in [0.25, 0.3) is 0 Å². The van der Waals surface area contributed by atoms with E-state index in [-0.39, 0.29) is 18.1 Å². The molecule has 0 aromatic heterocycles. The fourth-order valence-electron chi connectivity index (χ4n) is 3.39. The first kappa shape index (κ1) is 22.7. The Morgan fingerprint density at radius 3 is 2.41 bits per heavy atom. The minimum absolute atomic E-state index is 0.112. The number of hydrogen-bond acceptors (Lipinski definition) is 5. The maximum absolute atomic E-state index is 12.7. The number of rotatable bonds is 7. The number of anilines is 1. The number of carbonyl (C=O) groups excluding carboxylic acids is 1. The van der Waals surface area contributed by atoms with Crippen molar-refractivity contribution in [3.05, 3.63) is 53.6 Å². The summed E-state index contributed by atoms with van der Waals surface area (Å²) >= 11 is 0. The van der Waals surface area contributed by atoms with Crippen molar-refractivity contribution in [2.45, 2.75) is 33.2 Å². The molecule has 0 N–H and O–H groups in total. The van der Waals surface area contributed by atoms with Gasteiger partial charge in [-0.3, -0.25) is 4.79 Å². The molecule has 0 saturated carbocycles. The van der Waals surface area contributed by atoms with Crippen LogP contribution in [0.15, 0.2) is 42.5 Å². The summed E-state index contributed by atoms with van der Waals surface area (Å²) in [6.07, 6.45) is 1.45. The molecule has 2 aromatic carbocycles. The van der Waals surface area contributed by atoms with Crippen LogP contribution in [0.3, 0.4) is 0 Å². The molecule has 0 bridgehead atoms. The molecule has 0 spiro atoms. The second kappa shape index (κ2) is 9.78. The molecule has 2 aromatic rings. The zero-order chi connectivity index (χ0) is 21.6. The van der Waals surface area contributed by atoms with Gasteiger partial charge >= 0.3 is 0 Å². The van der Waals surface area contributed by atoms with E-state index in [1.165, 1.54) is 6.26 Å². The van der Waals surface area contributed by atoms with E-state index in [1.54, 1.807) is 30.2 Å². The molecular weight excluding hydrogens is 390 g/mol. The Kier molecular flexibility index (Phi) is 7.67. The molecule has 158 valence electrons. The number of amides is 1. The lowest BCUT2D eigenvalue weighted by atomic mass is 10.1. The average molecular weight is 420 g/mol. The summed E-state index contributed by atoms with van der Waals surface area (Å²) in [4.78, 5) is 14.3. The van der Waals surface area contributed by atoms with E-state index in [4.69, 9.17) is 9.47 Å². The molecule has 1 heterocycles. The summed E-state index contributed by atoms with van der Waals surface area (Å²) in [5.74, 6) is 0.798. The summed E-state index contributed by atoms with van der Waals surface area (Å²) in [6, 6.07) is 12.1. The smallest absolute Gasteiger partial charge is 0.232 e. The molecule has 1 atom stereocenters. The fourth-order valence-corrected chi connectivity index (χ4v) is 4.31. The van der Waals surface area contributed by atoms with Crippen LogP contribution in [0.4, 0.5) is 5.69 Å². The van der Waals surface area contributed by atoms with Gasteiger partial charge < -0.3 is 14.4 Å². The lowest BCUT2D eigenvalue weighted by molar-refractivity contribution is -0.117. The van der Waals surface area contributed by atoms with Gasteiger partial charge in [0.05, 0.1) is 31.9 Å². The van der Waals surface area contributed by atoms with E-state index in [0.29, 0.717) is 23.7 Å². The quantitative estimate of drug-likeness (QED) is 0.683. The molecule has 1 aliphatic rings. The molecule has 1 aliphatic heterocycles. The zero-order valence-electron chi connectivity index (χ0n) is 17.6. The van der Waals surface area contributed by atoms with E-state index in [0.717, 1.165) is 11.3 Å². The molecule has 0 radical (unpaired) electrons. The Bertz CT molecular complexity index is 955. The van der Waals surface area contributed by atoms with Crippen molar-refractivity contribution in [3.8, 4) is 11.5 Å². The SMILES string of the molecule is CC.CCOc1cc(C(CS(C)(=O)=O)N2C(=O)Cc3ccccc32)ccc1OC. The van der Waals surface area contributed by atoms with Gasteiger partial charge in [0.2, 0.25) is 5.91 Å². The Hall–Kier alpha value is -2.54. The van der Waals surface area contributed by atoms with Gasteiger partial charge in [-0.2, -0.15) is 0 Å². The fraction of sp³-hybridized carbons (Fsp3) is 0.409. The first-order chi connectivity index (χ1) is 13.8. The van der Waals surface area contributed by atoms with E-state index in [2.05, 4.69) is 0 Å². The molecule has 0 fully saturated rings. The highest BCUT2D eigenvalue weighted by Crippen LogP contribution is 2.39. The Labute approximate surface area is 173 Å². The molecule has 7 heteroatoms. The van der Waals surface area contributed by atoms with Crippen LogP contribution in [0.5, 0.6) is 11.5 Å². The summed E-state index contributed by atoms with van der Waals surface area (Å²) < 4.78 is 35.2. The molecule has 0 saturated heterocycles. The number of sulfone groups is 1. The molecule has 1 unspecified atom stereocenters. The lowest BCUT2D eigenvalue weighted by Crippen LogP contribution is -2.35. The van der Waals surface area contributed by atoms with Gasteiger partial charge in [-0.25, -0.2) is 8.42 Å². The summed E-state index contributed by atoms with van der Waals surface area (Å²) in [6.45, 7) is 6.31. The van der Waals surface area contributed by atoms with Crippen LogP contribution in [0.2, 0.25) is 0 Å². The van der Waals surface area contributed by atoms with Gasteiger partial charge in [0, 0.05) is 11.9 Å². The summed E-state index contributed by atoms with van der Waals surface area (Å²) in [5, 5.41) is 0. The third-order valence-corrected chi connectivity index (χ3v) is 5.43. The van der Waals surface area contributed by atoms with Gasteiger partial charge in [-0.15, -0.1) is 0 Å². The van der Waals surface area contributed by atoms with Crippen molar-refractivity contribution in [3.63, 3.8) is 0 Å². The largest absolute Gasteiger partial charge is 0.493 e. The number of methoxy groups -OCH3 is 1. The Morgan fingerprint density at radius 1 is 1.10 bits per heavy atom. The van der Waals surface area contributed by atoms with Gasteiger partial charge in [0.15, 0.2) is 11.5 Å². The van der Waals surface area contributed by atoms with E-state index in [1.807, 2.05) is 45.0 Å². The van der Waals surface area contributed by atoms with Crippen LogP contribution in [-0.4, -0.2) is 40.1 Å². The summed E-state index contributed by atoms with van der Waals surface area (Å²) in [5.41, 5.74) is 2.35. The van der Waals surface area contributed by atoms with Crippen LogP contribution >= 0.6 is 0 Å². The molecule has 6 nitrogen and oxygen atoms in total. The second-order valence-electron chi connectivity index (χ2n) is 6.52.